The Hall–Kier alpha value is -2.85. The lowest BCUT2D eigenvalue weighted by Crippen LogP contribution is -2.92. The highest BCUT2D eigenvalue weighted by Crippen LogP contribution is 2.22. The van der Waals surface area contributed by atoms with Crippen molar-refractivity contribution in [2.24, 2.45) is 0 Å². The standard InChI is InChI=1S/C23H26N2O2/c1-15-13-16(2)21(17(3)14-15)25-23(26)18(4)24-22(20-11-8-12-27-20)19-9-6-5-7-10-19/h5-14,18,22,24H,1-4H3,(H,25,26)/p+1/t18-,22+/m1/s1. The second-order valence-corrected chi connectivity index (χ2v) is 7.15. The molecule has 1 aromatic heterocycles. The van der Waals surface area contributed by atoms with E-state index in [1.54, 1.807) is 6.26 Å². The average Bonchev–Trinajstić information content (AvgIpc) is 3.17. The summed E-state index contributed by atoms with van der Waals surface area (Å²) in [7, 11) is 0. The summed E-state index contributed by atoms with van der Waals surface area (Å²) < 4.78 is 5.64. The molecule has 0 bridgehead atoms. The van der Waals surface area contributed by atoms with E-state index in [0.29, 0.717) is 0 Å². The van der Waals surface area contributed by atoms with Crippen molar-refractivity contribution in [2.45, 2.75) is 39.8 Å². The van der Waals surface area contributed by atoms with Gasteiger partial charge in [-0.1, -0.05) is 48.0 Å². The minimum Gasteiger partial charge on any atom is -0.463 e. The van der Waals surface area contributed by atoms with Crippen LogP contribution >= 0.6 is 0 Å². The zero-order chi connectivity index (χ0) is 19.4. The summed E-state index contributed by atoms with van der Waals surface area (Å²) >= 11 is 0. The highest BCUT2D eigenvalue weighted by atomic mass is 16.3. The van der Waals surface area contributed by atoms with Gasteiger partial charge in [0.05, 0.1) is 6.26 Å². The van der Waals surface area contributed by atoms with Gasteiger partial charge in [-0.15, -0.1) is 0 Å². The fourth-order valence-corrected chi connectivity index (χ4v) is 3.49. The molecular weight excluding hydrogens is 336 g/mol. The first kappa shape index (κ1) is 18.9. The second-order valence-electron chi connectivity index (χ2n) is 7.15. The zero-order valence-electron chi connectivity index (χ0n) is 16.3. The summed E-state index contributed by atoms with van der Waals surface area (Å²) in [5, 5.41) is 5.15. The molecule has 0 saturated heterocycles. The van der Waals surface area contributed by atoms with Gasteiger partial charge in [-0.3, -0.25) is 4.79 Å². The third kappa shape index (κ3) is 4.47. The Morgan fingerprint density at radius 2 is 1.67 bits per heavy atom. The van der Waals surface area contributed by atoms with Crippen LogP contribution in [0.1, 0.15) is 41.0 Å². The molecule has 0 aliphatic heterocycles. The number of anilines is 1. The van der Waals surface area contributed by atoms with Crippen LogP contribution in [0.25, 0.3) is 0 Å². The molecule has 0 aliphatic rings. The van der Waals surface area contributed by atoms with Gasteiger partial charge in [0.1, 0.15) is 0 Å². The van der Waals surface area contributed by atoms with E-state index in [2.05, 4.69) is 36.5 Å². The molecule has 3 rings (SSSR count). The van der Waals surface area contributed by atoms with Gasteiger partial charge in [0, 0.05) is 11.3 Å². The smallest absolute Gasteiger partial charge is 0.282 e. The van der Waals surface area contributed by atoms with Crippen molar-refractivity contribution in [1.82, 2.24) is 0 Å². The quantitative estimate of drug-likeness (QED) is 0.698. The summed E-state index contributed by atoms with van der Waals surface area (Å²) in [5.74, 6) is 0.820. The maximum Gasteiger partial charge on any atom is 0.282 e. The predicted octanol–water partition coefficient (Wildman–Crippen LogP) is 3.88. The molecule has 1 heterocycles. The number of benzene rings is 2. The van der Waals surface area contributed by atoms with E-state index in [1.807, 2.05) is 56.4 Å². The van der Waals surface area contributed by atoms with E-state index in [9.17, 15) is 4.79 Å². The lowest BCUT2D eigenvalue weighted by atomic mass is 10.0. The van der Waals surface area contributed by atoms with Crippen LogP contribution in [0, 0.1) is 20.8 Å². The normalized spacial score (nSPS) is 13.2. The average molecular weight is 363 g/mol. The molecule has 140 valence electrons. The Balaban J connectivity index is 1.78. The predicted molar refractivity (Wildman–Crippen MR) is 108 cm³/mol. The van der Waals surface area contributed by atoms with Gasteiger partial charge in [-0.05, 0) is 51.0 Å². The van der Waals surface area contributed by atoms with Crippen molar-refractivity contribution in [3.63, 3.8) is 0 Å². The molecule has 2 aromatic carbocycles. The fraction of sp³-hybridized carbons (Fsp3) is 0.261. The van der Waals surface area contributed by atoms with E-state index in [-0.39, 0.29) is 18.0 Å². The van der Waals surface area contributed by atoms with Crippen LogP contribution in [-0.4, -0.2) is 11.9 Å². The molecule has 3 N–H and O–H groups in total. The van der Waals surface area contributed by atoms with Crippen LogP contribution in [0.4, 0.5) is 5.69 Å². The van der Waals surface area contributed by atoms with Crippen LogP contribution in [0.3, 0.4) is 0 Å². The number of aryl methyl sites for hydroxylation is 3. The number of quaternary nitrogens is 1. The summed E-state index contributed by atoms with van der Waals surface area (Å²) in [6.07, 6.45) is 1.67. The molecule has 0 spiro atoms. The maximum absolute atomic E-state index is 12.9. The first-order valence-electron chi connectivity index (χ1n) is 9.27. The monoisotopic (exact) mass is 363 g/mol. The van der Waals surface area contributed by atoms with Crippen LogP contribution in [-0.2, 0) is 4.79 Å². The third-order valence-electron chi connectivity index (χ3n) is 4.83. The number of furan rings is 1. The van der Waals surface area contributed by atoms with Gasteiger partial charge >= 0.3 is 0 Å². The maximum atomic E-state index is 12.9. The van der Waals surface area contributed by atoms with Crippen molar-refractivity contribution in [2.75, 3.05) is 5.32 Å². The van der Waals surface area contributed by atoms with Crippen LogP contribution < -0.4 is 10.6 Å². The Kier molecular flexibility index (Phi) is 5.77. The molecule has 0 radical (unpaired) electrons. The molecule has 4 nitrogen and oxygen atoms in total. The summed E-state index contributed by atoms with van der Waals surface area (Å²) in [5.41, 5.74) is 5.37. The first-order chi connectivity index (χ1) is 13.0. The third-order valence-corrected chi connectivity index (χ3v) is 4.83. The van der Waals surface area contributed by atoms with E-state index >= 15 is 0 Å². The molecule has 2 atom stereocenters. The number of nitrogens with two attached hydrogens (primary N) is 1. The SMILES string of the molecule is Cc1cc(C)c(NC(=O)[C@@H](C)[NH2+][C@@H](c2ccccc2)c2ccco2)c(C)c1. The molecule has 0 fully saturated rings. The van der Waals surface area contributed by atoms with Gasteiger partial charge in [-0.2, -0.15) is 0 Å². The van der Waals surface area contributed by atoms with Crippen molar-refractivity contribution in [3.05, 3.63) is 88.9 Å². The Morgan fingerprint density at radius 3 is 2.26 bits per heavy atom. The van der Waals surface area contributed by atoms with Crippen LogP contribution in [0.15, 0.2) is 65.3 Å². The van der Waals surface area contributed by atoms with Crippen molar-refractivity contribution in [3.8, 4) is 0 Å². The van der Waals surface area contributed by atoms with Gasteiger partial charge in [0.2, 0.25) is 0 Å². The van der Waals surface area contributed by atoms with Crippen molar-refractivity contribution < 1.29 is 14.5 Å². The number of amides is 1. The number of carbonyl (C=O) groups is 1. The topological polar surface area (TPSA) is 58.9 Å². The molecule has 27 heavy (non-hydrogen) atoms. The van der Waals surface area contributed by atoms with Crippen LogP contribution in [0.2, 0.25) is 0 Å². The van der Waals surface area contributed by atoms with Crippen molar-refractivity contribution in [1.29, 1.82) is 0 Å². The summed E-state index contributed by atoms with van der Waals surface area (Å²) in [4.78, 5) is 12.9. The number of carbonyl (C=O) groups excluding carboxylic acids is 1. The molecule has 0 saturated carbocycles. The minimum absolute atomic E-state index is 0.0162. The summed E-state index contributed by atoms with van der Waals surface area (Å²) in [6, 6.07) is 17.8. The molecule has 1 amide bonds. The van der Waals surface area contributed by atoms with Crippen molar-refractivity contribution >= 4 is 11.6 Å². The molecular formula is C23H27N2O2+. The van der Waals surface area contributed by atoms with Gasteiger partial charge in [0.15, 0.2) is 17.8 Å². The summed E-state index contributed by atoms with van der Waals surface area (Å²) in [6.45, 7) is 8.04. The van der Waals surface area contributed by atoms with E-state index in [0.717, 1.165) is 28.1 Å². The molecule has 3 aromatic rings. The van der Waals surface area contributed by atoms with Crippen LogP contribution in [0.5, 0.6) is 0 Å². The Labute approximate surface area is 160 Å². The second kappa shape index (κ2) is 8.23. The number of nitrogens with one attached hydrogen (secondary N) is 1. The van der Waals surface area contributed by atoms with Gasteiger partial charge < -0.3 is 15.1 Å². The minimum atomic E-state index is -0.277. The zero-order valence-corrected chi connectivity index (χ0v) is 16.3. The number of rotatable bonds is 6. The molecule has 4 heteroatoms. The largest absolute Gasteiger partial charge is 0.463 e. The Morgan fingerprint density at radius 1 is 1.00 bits per heavy atom. The highest BCUT2D eigenvalue weighted by Gasteiger charge is 2.27. The molecule has 0 aliphatic carbocycles. The Bertz CT molecular complexity index is 878. The van der Waals surface area contributed by atoms with Gasteiger partial charge in [-0.25, -0.2) is 0 Å². The highest BCUT2D eigenvalue weighted by molar-refractivity contribution is 5.95. The first-order valence-corrected chi connectivity index (χ1v) is 9.27. The number of hydrogen-bond donors (Lipinski definition) is 2. The van der Waals surface area contributed by atoms with Gasteiger partial charge in [0.25, 0.3) is 5.91 Å². The molecule has 0 unspecified atom stereocenters. The lowest BCUT2D eigenvalue weighted by Gasteiger charge is -2.20. The van der Waals surface area contributed by atoms with E-state index in [1.165, 1.54) is 5.56 Å². The van der Waals surface area contributed by atoms with E-state index in [4.69, 9.17) is 4.42 Å². The fourth-order valence-electron chi connectivity index (χ4n) is 3.49. The van der Waals surface area contributed by atoms with E-state index < -0.39 is 0 Å². The number of hydrogen-bond acceptors (Lipinski definition) is 2. The lowest BCUT2D eigenvalue weighted by molar-refractivity contribution is -0.706.